The molecule has 0 unspecified atom stereocenters. The normalized spacial score (nSPS) is 15.1. The van der Waals surface area contributed by atoms with Crippen molar-refractivity contribution in [2.45, 2.75) is 31.7 Å². The molecule has 1 aliphatic carbocycles. The molecule has 1 N–H and O–H groups in total. The minimum absolute atomic E-state index is 0.125. The first-order chi connectivity index (χ1) is 11.0. The van der Waals surface area contributed by atoms with E-state index in [1.165, 1.54) is 12.6 Å². The molecule has 1 heterocycles. The first kappa shape index (κ1) is 15.7. The maximum absolute atomic E-state index is 12.1. The highest BCUT2D eigenvalue weighted by molar-refractivity contribution is 7.90. The van der Waals surface area contributed by atoms with Gasteiger partial charge in [-0.05, 0) is 31.2 Å². The van der Waals surface area contributed by atoms with Crippen LogP contribution in [0.15, 0.2) is 42.7 Å². The van der Waals surface area contributed by atoms with Gasteiger partial charge in [0, 0.05) is 6.20 Å². The van der Waals surface area contributed by atoms with Crippen LogP contribution in [0.2, 0.25) is 0 Å². The van der Waals surface area contributed by atoms with E-state index in [-0.39, 0.29) is 11.3 Å². The van der Waals surface area contributed by atoms with E-state index >= 15 is 0 Å². The van der Waals surface area contributed by atoms with Crippen molar-refractivity contribution in [3.8, 4) is 0 Å². The quantitative estimate of drug-likeness (QED) is 0.875. The fourth-order valence-corrected chi connectivity index (χ4v) is 3.46. The van der Waals surface area contributed by atoms with Gasteiger partial charge in [0.1, 0.15) is 0 Å². The molecule has 122 valence electrons. The highest BCUT2D eigenvalue weighted by atomic mass is 32.2. The summed E-state index contributed by atoms with van der Waals surface area (Å²) in [5, 5.41) is 4.14. The lowest BCUT2D eigenvalue weighted by Crippen LogP contribution is -2.33. The number of amides is 1. The fourth-order valence-electron chi connectivity index (χ4n) is 2.45. The number of sulfonamides is 1. The Bertz CT molecular complexity index is 780. The second-order valence-corrected chi connectivity index (χ2v) is 7.62. The van der Waals surface area contributed by atoms with Crippen LogP contribution in [0.3, 0.4) is 0 Å². The van der Waals surface area contributed by atoms with Crippen LogP contribution in [0.25, 0.3) is 0 Å². The molecule has 3 rings (SSSR count). The third kappa shape index (κ3) is 3.98. The molecular formula is C16H19N3O3S. The molecule has 0 bridgehead atoms. The molecule has 0 saturated heterocycles. The van der Waals surface area contributed by atoms with Gasteiger partial charge >= 0.3 is 0 Å². The number of carbonyl (C=O) groups excluding carboxylic acids is 1. The van der Waals surface area contributed by atoms with E-state index in [1.807, 2.05) is 30.3 Å². The molecule has 1 saturated carbocycles. The van der Waals surface area contributed by atoms with Gasteiger partial charge in [-0.1, -0.05) is 30.3 Å². The molecule has 1 aromatic carbocycles. The van der Waals surface area contributed by atoms with Crippen LogP contribution in [0.4, 0.5) is 0 Å². The Labute approximate surface area is 135 Å². The predicted octanol–water partition coefficient (Wildman–Crippen LogP) is 1.91. The Kier molecular flexibility index (Phi) is 4.47. The molecule has 1 fully saturated rings. The number of nitrogens with one attached hydrogen (secondary N) is 1. The van der Waals surface area contributed by atoms with Crippen molar-refractivity contribution in [3.63, 3.8) is 0 Å². The lowest BCUT2D eigenvalue weighted by molar-refractivity contribution is 0.0981. The van der Waals surface area contributed by atoms with E-state index in [4.69, 9.17) is 0 Å². The SMILES string of the molecule is O=C(NS(=O)(=O)CCc1ccccc1)c1cnn(C2CCC2)c1. The summed E-state index contributed by atoms with van der Waals surface area (Å²) in [5.74, 6) is -0.747. The summed E-state index contributed by atoms with van der Waals surface area (Å²) in [6.45, 7) is 0. The van der Waals surface area contributed by atoms with Crippen molar-refractivity contribution in [1.82, 2.24) is 14.5 Å². The average molecular weight is 333 g/mol. The summed E-state index contributed by atoms with van der Waals surface area (Å²) in [6, 6.07) is 9.65. The minimum atomic E-state index is -3.67. The smallest absolute Gasteiger partial charge is 0.267 e. The Balaban J connectivity index is 1.58. The van der Waals surface area contributed by atoms with E-state index in [2.05, 4.69) is 9.82 Å². The van der Waals surface area contributed by atoms with Crippen LogP contribution >= 0.6 is 0 Å². The van der Waals surface area contributed by atoms with Gasteiger partial charge in [0.15, 0.2) is 0 Å². The van der Waals surface area contributed by atoms with E-state index in [0.29, 0.717) is 12.5 Å². The molecular weight excluding hydrogens is 314 g/mol. The molecule has 0 atom stereocenters. The van der Waals surface area contributed by atoms with Gasteiger partial charge in [0.25, 0.3) is 5.91 Å². The maximum Gasteiger partial charge on any atom is 0.267 e. The number of aromatic nitrogens is 2. The number of aryl methyl sites for hydroxylation is 1. The number of carbonyl (C=O) groups is 1. The van der Waals surface area contributed by atoms with Gasteiger partial charge in [0.2, 0.25) is 10.0 Å². The zero-order valence-corrected chi connectivity index (χ0v) is 13.5. The van der Waals surface area contributed by atoms with E-state index in [1.54, 1.807) is 10.9 Å². The largest absolute Gasteiger partial charge is 0.269 e. The zero-order chi connectivity index (χ0) is 16.3. The van der Waals surface area contributed by atoms with Crippen molar-refractivity contribution >= 4 is 15.9 Å². The number of hydrogen-bond acceptors (Lipinski definition) is 4. The summed E-state index contributed by atoms with van der Waals surface area (Å²) in [4.78, 5) is 12.1. The van der Waals surface area contributed by atoms with Crippen molar-refractivity contribution < 1.29 is 13.2 Å². The van der Waals surface area contributed by atoms with Crippen molar-refractivity contribution in [2.24, 2.45) is 0 Å². The van der Waals surface area contributed by atoms with Gasteiger partial charge in [-0.15, -0.1) is 0 Å². The van der Waals surface area contributed by atoms with E-state index < -0.39 is 15.9 Å². The summed E-state index contributed by atoms with van der Waals surface area (Å²) < 4.78 is 27.9. The fraction of sp³-hybridized carbons (Fsp3) is 0.375. The number of rotatable bonds is 6. The summed E-state index contributed by atoms with van der Waals surface area (Å²) in [5.41, 5.74) is 1.20. The number of nitrogens with zero attached hydrogens (tertiary/aromatic N) is 2. The molecule has 7 heteroatoms. The van der Waals surface area contributed by atoms with Crippen LogP contribution in [0, 0.1) is 0 Å². The van der Waals surface area contributed by atoms with Crippen molar-refractivity contribution in [3.05, 3.63) is 53.9 Å². The highest BCUT2D eigenvalue weighted by Gasteiger charge is 2.22. The molecule has 0 radical (unpaired) electrons. The molecule has 0 spiro atoms. The predicted molar refractivity (Wildman–Crippen MR) is 86.5 cm³/mol. The van der Waals surface area contributed by atoms with Gasteiger partial charge in [0.05, 0.1) is 23.6 Å². The van der Waals surface area contributed by atoms with Crippen LogP contribution < -0.4 is 4.72 Å². The van der Waals surface area contributed by atoms with E-state index in [9.17, 15) is 13.2 Å². The zero-order valence-electron chi connectivity index (χ0n) is 12.7. The Morgan fingerprint density at radius 3 is 2.65 bits per heavy atom. The minimum Gasteiger partial charge on any atom is -0.269 e. The second-order valence-electron chi connectivity index (χ2n) is 5.78. The third-order valence-corrected chi connectivity index (χ3v) is 5.30. The van der Waals surface area contributed by atoms with Crippen LogP contribution in [0.1, 0.15) is 41.2 Å². The van der Waals surface area contributed by atoms with Crippen LogP contribution in [-0.4, -0.2) is 29.9 Å². The lowest BCUT2D eigenvalue weighted by Gasteiger charge is -2.25. The number of benzene rings is 1. The topological polar surface area (TPSA) is 81.1 Å². The lowest BCUT2D eigenvalue weighted by atomic mass is 9.93. The van der Waals surface area contributed by atoms with Gasteiger partial charge in [-0.25, -0.2) is 13.1 Å². The molecule has 1 aliphatic rings. The first-order valence-corrected chi connectivity index (χ1v) is 9.32. The van der Waals surface area contributed by atoms with Gasteiger partial charge in [-0.3, -0.25) is 9.48 Å². The molecule has 2 aromatic rings. The molecule has 1 amide bonds. The summed E-state index contributed by atoms with van der Waals surface area (Å²) >= 11 is 0. The van der Waals surface area contributed by atoms with Crippen LogP contribution in [-0.2, 0) is 16.4 Å². The Morgan fingerprint density at radius 1 is 1.26 bits per heavy atom. The molecule has 1 aromatic heterocycles. The Morgan fingerprint density at radius 2 is 2.00 bits per heavy atom. The maximum atomic E-state index is 12.1. The number of hydrogen-bond donors (Lipinski definition) is 1. The summed E-state index contributed by atoms with van der Waals surface area (Å²) in [7, 11) is -3.67. The van der Waals surface area contributed by atoms with Crippen molar-refractivity contribution in [2.75, 3.05) is 5.75 Å². The second kappa shape index (κ2) is 6.54. The van der Waals surface area contributed by atoms with E-state index in [0.717, 1.165) is 18.4 Å². The highest BCUT2D eigenvalue weighted by Crippen LogP contribution is 2.30. The monoisotopic (exact) mass is 333 g/mol. The Hall–Kier alpha value is -2.15. The van der Waals surface area contributed by atoms with Crippen LogP contribution in [0.5, 0.6) is 0 Å². The van der Waals surface area contributed by atoms with Gasteiger partial charge in [-0.2, -0.15) is 5.10 Å². The van der Waals surface area contributed by atoms with Crippen molar-refractivity contribution in [1.29, 1.82) is 0 Å². The standard InChI is InChI=1S/C16H19N3O3S/c20-16(14-11-17-19(12-14)15-7-4-8-15)18-23(21,22)10-9-13-5-2-1-3-6-13/h1-3,5-6,11-12,15H,4,7-10H2,(H,18,20). The molecule has 6 nitrogen and oxygen atoms in total. The molecule has 23 heavy (non-hydrogen) atoms. The first-order valence-electron chi connectivity index (χ1n) is 7.66. The summed E-state index contributed by atoms with van der Waals surface area (Å²) in [6.07, 6.45) is 6.67. The van der Waals surface area contributed by atoms with Gasteiger partial charge < -0.3 is 0 Å². The average Bonchev–Trinajstić information content (AvgIpc) is 2.94. The molecule has 0 aliphatic heterocycles. The third-order valence-electron chi connectivity index (χ3n) is 4.06.